The van der Waals surface area contributed by atoms with E-state index in [9.17, 15) is 0 Å². The molecule has 0 radical (unpaired) electrons. The summed E-state index contributed by atoms with van der Waals surface area (Å²) < 4.78 is 0. The maximum Gasteiger partial charge on any atom is 0.177 e. The second-order valence-electron chi connectivity index (χ2n) is 8.95. The van der Waals surface area contributed by atoms with Gasteiger partial charge in [-0.1, -0.05) is 60.7 Å². The molecule has 12 nitrogen and oxygen atoms in total. The number of rotatable bonds is 6. The van der Waals surface area contributed by atoms with Gasteiger partial charge >= 0.3 is 0 Å². The van der Waals surface area contributed by atoms with Crippen LogP contribution in [0.1, 0.15) is 0 Å². The van der Waals surface area contributed by atoms with Crippen LogP contribution < -0.4 is 33.8 Å². The standard InChI is InChI=1S/C28H24N12/c29-25-23(26(30)38-37-25)35-33-17-7-1-5-15(13-17)19-9-3-12-22-20(10-4-11-21(19)22)16-6-2-8-18(14-16)34-36-24-27(31)39-40-28(24)32/h1-14,33-34H,(H4,29,30,35,37,38)(H4,31,32,36,39,40). The molecule has 0 aliphatic carbocycles. The fourth-order valence-corrected chi connectivity index (χ4v) is 4.46. The Bertz CT molecular complexity index is 1670. The normalized spacial score (nSPS) is 14.4. The highest BCUT2D eigenvalue weighted by molar-refractivity contribution is 6.69. The predicted molar refractivity (Wildman–Crippen MR) is 163 cm³/mol. The van der Waals surface area contributed by atoms with Crippen LogP contribution in [0.4, 0.5) is 11.4 Å². The molecule has 40 heavy (non-hydrogen) atoms. The van der Waals surface area contributed by atoms with Gasteiger partial charge in [-0.2, -0.15) is 10.2 Å². The number of hydrazone groups is 2. The Morgan fingerprint density at radius 3 is 1.25 bits per heavy atom. The number of nitrogens with zero attached hydrogens (tertiary/aromatic N) is 6. The average Bonchev–Trinajstić information content (AvgIpc) is 3.48. The van der Waals surface area contributed by atoms with E-state index < -0.39 is 0 Å². The van der Waals surface area contributed by atoms with E-state index in [0.717, 1.165) is 44.4 Å². The lowest BCUT2D eigenvalue weighted by molar-refractivity contribution is 1.25. The van der Waals surface area contributed by atoms with Crippen molar-refractivity contribution in [3.63, 3.8) is 0 Å². The van der Waals surface area contributed by atoms with Crippen LogP contribution in [-0.4, -0.2) is 34.8 Å². The van der Waals surface area contributed by atoms with Gasteiger partial charge in [0.05, 0.1) is 11.4 Å². The van der Waals surface area contributed by atoms with E-state index in [1.54, 1.807) is 0 Å². The molecule has 0 unspecified atom stereocenters. The molecule has 4 aromatic carbocycles. The summed E-state index contributed by atoms with van der Waals surface area (Å²) in [4.78, 5) is 0. The fourth-order valence-electron chi connectivity index (χ4n) is 4.46. The van der Waals surface area contributed by atoms with Gasteiger partial charge in [0.1, 0.15) is 0 Å². The number of hydrogen-bond donors (Lipinski definition) is 6. The number of amidine groups is 4. The predicted octanol–water partition coefficient (Wildman–Crippen LogP) is 3.00. The van der Waals surface area contributed by atoms with Crippen molar-refractivity contribution < 1.29 is 0 Å². The topological polar surface area (TPSA) is 202 Å². The summed E-state index contributed by atoms with van der Waals surface area (Å²) in [5.74, 6) is 0.681. The minimum absolute atomic E-state index is 0.170. The van der Waals surface area contributed by atoms with E-state index in [1.807, 2.05) is 48.5 Å². The first-order chi connectivity index (χ1) is 19.5. The van der Waals surface area contributed by atoms with Crippen molar-refractivity contribution >= 4 is 56.9 Å². The first kappa shape index (κ1) is 24.3. The molecule has 10 N–H and O–H groups in total. The summed E-state index contributed by atoms with van der Waals surface area (Å²) >= 11 is 0. The summed E-state index contributed by atoms with van der Waals surface area (Å²) in [7, 11) is 0. The first-order valence-electron chi connectivity index (χ1n) is 12.2. The van der Waals surface area contributed by atoms with E-state index in [4.69, 9.17) is 22.9 Å². The van der Waals surface area contributed by atoms with Gasteiger partial charge in [-0.25, -0.2) is 0 Å². The van der Waals surface area contributed by atoms with Crippen molar-refractivity contribution in [2.75, 3.05) is 10.9 Å². The number of nitrogens with one attached hydrogen (secondary N) is 2. The Hall–Kier alpha value is -6.04. The number of fused-ring (bicyclic) bond motifs is 1. The number of hydrogen-bond acceptors (Lipinski definition) is 12. The van der Waals surface area contributed by atoms with Crippen molar-refractivity contribution in [3.8, 4) is 22.3 Å². The zero-order valence-electron chi connectivity index (χ0n) is 21.1. The Kier molecular flexibility index (Phi) is 6.09. The zero-order chi connectivity index (χ0) is 27.6. The molecule has 0 atom stereocenters. The van der Waals surface area contributed by atoms with Crippen molar-refractivity contribution in [1.29, 1.82) is 0 Å². The van der Waals surface area contributed by atoms with Crippen LogP contribution in [0.25, 0.3) is 33.0 Å². The smallest absolute Gasteiger partial charge is 0.177 e. The van der Waals surface area contributed by atoms with Crippen LogP contribution in [0.3, 0.4) is 0 Å². The number of benzene rings is 4. The molecule has 0 saturated heterocycles. The van der Waals surface area contributed by atoms with Crippen LogP contribution in [0.2, 0.25) is 0 Å². The van der Waals surface area contributed by atoms with Gasteiger partial charge in [0.2, 0.25) is 0 Å². The Morgan fingerprint density at radius 1 is 0.475 bits per heavy atom. The molecule has 196 valence electrons. The molecule has 12 heteroatoms. The number of nitrogens with two attached hydrogens (primary N) is 4. The van der Waals surface area contributed by atoms with E-state index in [-0.39, 0.29) is 23.3 Å². The fraction of sp³-hybridized carbons (Fsp3) is 0. The Morgan fingerprint density at radius 2 is 0.850 bits per heavy atom. The molecular weight excluding hydrogens is 504 g/mol. The lowest BCUT2D eigenvalue weighted by Crippen LogP contribution is -2.32. The Labute approximate surface area is 228 Å². The molecule has 0 spiro atoms. The van der Waals surface area contributed by atoms with Crippen LogP contribution in [-0.2, 0) is 0 Å². The summed E-state index contributed by atoms with van der Waals surface area (Å²) in [6, 6.07) is 28.4. The molecule has 0 amide bonds. The van der Waals surface area contributed by atoms with Crippen LogP contribution in [0, 0.1) is 0 Å². The molecule has 2 aliphatic rings. The lowest BCUT2D eigenvalue weighted by atomic mass is 9.92. The second-order valence-corrected chi connectivity index (χ2v) is 8.95. The molecule has 0 aromatic heterocycles. The second kappa shape index (κ2) is 10.0. The third-order valence-corrected chi connectivity index (χ3v) is 6.36. The summed E-state index contributed by atoms with van der Waals surface area (Å²) in [6.45, 7) is 0. The van der Waals surface area contributed by atoms with Crippen LogP contribution >= 0.6 is 0 Å². The van der Waals surface area contributed by atoms with Crippen molar-refractivity contribution in [2.45, 2.75) is 0 Å². The van der Waals surface area contributed by atoms with Gasteiger partial charge in [-0.3, -0.25) is 10.9 Å². The molecule has 0 saturated carbocycles. The van der Waals surface area contributed by atoms with Gasteiger partial charge in [-0.05, 0) is 57.3 Å². The first-order valence-corrected chi connectivity index (χ1v) is 12.2. The SMILES string of the molecule is NC1=NN=C(N)C1=NNc1cccc(-c2cccc3c(-c4cccc(NN=C5C(N)=NN=C5N)c4)cccc23)c1. The van der Waals surface area contributed by atoms with Crippen molar-refractivity contribution in [1.82, 2.24) is 0 Å². The van der Waals surface area contributed by atoms with E-state index >= 15 is 0 Å². The van der Waals surface area contributed by atoms with Crippen molar-refractivity contribution in [2.24, 2.45) is 53.5 Å². The summed E-state index contributed by atoms with van der Waals surface area (Å²) in [5, 5.41) is 25.7. The third-order valence-electron chi connectivity index (χ3n) is 6.36. The molecule has 0 fully saturated rings. The van der Waals surface area contributed by atoms with Gasteiger partial charge in [0.25, 0.3) is 0 Å². The molecule has 4 aromatic rings. The maximum atomic E-state index is 5.80. The minimum Gasteiger partial charge on any atom is -0.380 e. The van der Waals surface area contributed by atoms with Crippen LogP contribution in [0.5, 0.6) is 0 Å². The quantitative estimate of drug-likeness (QED) is 0.207. The third kappa shape index (κ3) is 4.56. The molecule has 2 aliphatic heterocycles. The molecule has 6 rings (SSSR count). The highest BCUT2D eigenvalue weighted by Crippen LogP contribution is 2.36. The highest BCUT2D eigenvalue weighted by atomic mass is 15.4. The monoisotopic (exact) mass is 528 g/mol. The average molecular weight is 529 g/mol. The Balaban J connectivity index is 1.32. The van der Waals surface area contributed by atoms with E-state index in [1.165, 1.54) is 0 Å². The van der Waals surface area contributed by atoms with Crippen molar-refractivity contribution in [3.05, 3.63) is 84.9 Å². The zero-order valence-corrected chi connectivity index (χ0v) is 21.1. The van der Waals surface area contributed by atoms with Gasteiger partial charge in [-0.15, -0.1) is 20.4 Å². The van der Waals surface area contributed by atoms with E-state index in [0.29, 0.717) is 11.4 Å². The molecule has 0 bridgehead atoms. The summed E-state index contributed by atoms with van der Waals surface area (Å²) in [6.07, 6.45) is 0. The highest BCUT2D eigenvalue weighted by Gasteiger charge is 2.17. The molecule has 2 heterocycles. The summed E-state index contributed by atoms with van der Waals surface area (Å²) in [5.41, 5.74) is 35.6. The van der Waals surface area contributed by atoms with Gasteiger partial charge < -0.3 is 22.9 Å². The minimum atomic E-state index is 0.170. The largest absolute Gasteiger partial charge is 0.380 e. The van der Waals surface area contributed by atoms with Gasteiger partial charge in [0.15, 0.2) is 34.8 Å². The number of anilines is 2. The van der Waals surface area contributed by atoms with Gasteiger partial charge in [0, 0.05) is 0 Å². The van der Waals surface area contributed by atoms with Crippen LogP contribution in [0.15, 0.2) is 116 Å². The molecular formula is C28H24N12. The maximum absolute atomic E-state index is 5.80. The lowest BCUT2D eigenvalue weighted by Gasteiger charge is -2.13. The van der Waals surface area contributed by atoms with E-state index in [2.05, 4.69) is 77.9 Å².